The second kappa shape index (κ2) is 6.05. The van der Waals surface area contributed by atoms with E-state index in [1.165, 1.54) is 6.42 Å². The van der Waals surface area contributed by atoms with Crippen molar-refractivity contribution in [3.05, 3.63) is 16.9 Å². The van der Waals surface area contributed by atoms with Gasteiger partial charge < -0.3 is 5.32 Å². The zero-order chi connectivity index (χ0) is 11.3. The number of hydrogen-bond acceptors (Lipinski definition) is 3. The van der Waals surface area contributed by atoms with Crippen LogP contribution in [0.25, 0.3) is 0 Å². The number of nitrogens with zero attached hydrogens (tertiary/aromatic N) is 2. The smallest absolute Gasteiger partial charge is 0.222 e. The van der Waals surface area contributed by atoms with Crippen LogP contribution in [0.5, 0.6) is 0 Å². The summed E-state index contributed by atoms with van der Waals surface area (Å²) in [6.07, 6.45) is 5.89. The molecule has 0 saturated heterocycles. The van der Waals surface area contributed by atoms with E-state index in [0.29, 0.717) is 12.0 Å². The van der Waals surface area contributed by atoms with E-state index < -0.39 is 0 Å². The van der Waals surface area contributed by atoms with Crippen molar-refractivity contribution in [2.75, 3.05) is 5.32 Å². The molecule has 4 heteroatoms. The Hall–Kier alpha value is -0.640. The van der Waals surface area contributed by atoms with Gasteiger partial charge in [0.15, 0.2) is 0 Å². The maximum atomic E-state index is 4.18. The highest BCUT2D eigenvalue weighted by molar-refractivity contribution is 9.10. The summed E-state index contributed by atoms with van der Waals surface area (Å²) in [5, 5.41) is 3.28. The third kappa shape index (κ3) is 5.11. The minimum Gasteiger partial charge on any atom is -0.352 e. The molecule has 0 aliphatic heterocycles. The molecule has 0 fully saturated rings. The summed E-state index contributed by atoms with van der Waals surface area (Å²) in [6, 6.07) is 0.425. The van der Waals surface area contributed by atoms with Gasteiger partial charge in [0.05, 0.1) is 4.47 Å². The Morgan fingerprint density at radius 2 is 1.80 bits per heavy atom. The average Bonchev–Trinajstić information content (AvgIpc) is 2.19. The maximum Gasteiger partial charge on any atom is 0.222 e. The molecule has 1 atom stereocenters. The SMILES string of the molecule is CC(C)CCC(C)Nc1ncc(Br)cn1. The molecular formula is C11H18BrN3. The van der Waals surface area contributed by atoms with Crippen molar-refractivity contribution >= 4 is 21.9 Å². The van der Waals surface area contributed by atoms with Gasteiger partial charge in [-0.2, -0.15) is 0 Å². The van der Waals surface area contributed by atoms with Gasteiger partial charge >= 0.3 is 0 Å². The molecule has 1 N–H and O–H groups in total. The lowest BCUT2D eigenvalue weighted by Gasteiger charge is -2.14. The van der Waals surface area contributed by atoms with Crippen LogP contribution in [0.15, 0.2) is 16.9 Å². The van der Waals surface area contributed by atoms with Crippen LogP contribution in [0.3, 0.4) is 0 Å². The van der Waals surface area contributed by atoms with E-state index in [1.807, 2.05) is 0 Å². The number of rotatable bonds is 5. The van der Waals surface area contributed by atoms with Crippen LogP contribution < -0.4 is 5.32 Å². The second-order valence-electron chi connectivity index (χ2n) is 4.24. The highest BCUT2D eigenvalue weighted by Gasteiger charge is 2.04. The van der Waals surface area contributed by atoms with Crippen molar-refractivity contribution in [1.82, 2.24) is 9.97 Å². The van der Waals surface area contributed by atoms with E-state index in [0.717, 1.165) is 16.8 Å². The first-order valence-electron chi connectivity index (χ1n) is 5.32. The average molecular weight is 272 g/mol. The lowest BCUT2D eigenvalue weighted by molar-refractivity contribution is 0.526. The number of aromatic nitrogens is 2. The standard InChI is InChI=1S/C11H18BrN3/c1-8(2)4-5-9(3)15-11-13-6-10(12)7-14-11/h6-9H,4-5H2,1-3H3,(H,13,14,15). The number of halogens is 1. The molecule has 0 aromatic carbocycles. The Bertz CT molecular complexity index is 284. The predicted molar refractivity (Wildman–Crippen MR) is 66.9 cm³/mol. The third-order valence-electron chi connectivity index (χ3n) is 2.17. The molecule has 0 aliphatic rings. The first kappa shape index (κ1) is 12.4. The summed E-state index contributed by atoms with van der Waals surface area (Å²) in [4.78, 5) is 8.35. The number of hydrogen-bond donors (Lipinski definition) is 1. The molecule has 84 valence electrons. The first-order valence-corrected chi connectivity index (χ1v) is 6.11. The van der Waals surface area contributed by atoms with Gasteiger partial charge in [0.1, 0.15) is 0 Å². The molecule has 0 saturated carbocycles. The summed E-state index contributed by atoms with van der Waals surface area (Å²) in [5.41, 5.74) is 0. The molecule has 1 unspecified atom stereocenters. The van der Waals surface area contributed by atoms with Crippen LogP contribution in [0.2, 0.25) is 0 Å². The highest BCUT2D eigenvalue weighted by Crippen LogP contribution is 2.11. The number of anilines is 1. The van der Waals surface area contributed by atoms with E-state index in [1.54, 1.807) is 12.4 Å². The molecule has 0 amide bonds. The Labute approximate surface area is 99.8 Å². The van der Waals surface area contributed by atoms with Crippen molar-refractivity contribution in [2.24, 2.45) is 5.92 Å². The van der Waals surface area contributed by atoms with Crippen molar-refractivity contribution in [1.29, 1.82) is 0 Å². The molecule has 1 heterocycles. The Balaban J connectivity index is 2.37. The molecule has 1 aromatic heterocycles. The summed E-state index contributed by atoms with van der Waals surface area (Å²) in [7, 11) is 0. The predicted octanol–water partition coefficient (Wildman–Crippen LogP) is 3.48. The van der Waals surface area contributed by atoms with Gasteiger partial charge in [-0.1, -0.05) is 13.8 Å². The van der Waals surface area contributed by atoms with E-state index in [4.69, 9.17) is 0 Å². The Morgan fingerprint density at radius 3 is 2.33 bits per heavy atom. The molecular weight excluding hydrogens is 254 g/mol. The van der Waals surface area contributed by atoms with Crippen LogP contribution in [0.4, 0.5) is 5.95 Å². The van der Waals surface area contributed by atoms with Crippen LogP contribution in [-0.2, 0) is 0 Å². The molecule has 0 spiro atoms. The summed E-state index contributed by atoms with van der Waals surface area (Å²) >= 11 is 3.31. The molecule has 0 radical (unpaired) electrons. The van der Waals surface area contributed by atoms with Gasteiger partial charge in [-0.15, -0.1) is 0 Å². The van der Waals surface area contributed by atoms with Crippen LogP contribution >= 0.6 is 15.9 Å². The Morgan fingerprint density at radius 1 is 1.20 bits per heavy atom. The van der Waals surface area contributed by atoms with Gasteiger partial charge in [0.25, 0.3) is 0 Å². The fourth-order valence-electron chi connectivity index (χ4n) is 1.26. The van der Waals surface area contributed by atoms with Crippen LogP contribution in [-0.4, -0.2) is 16.0 Å². The lowest BCUT2D eigenvalue weighted by Crippen LogP contribution is -2.17. The fourth-order valence-corrected chi connectivity index (χ4v) is 1.47. The van der Waals surface area contributed by atoms with Gasteiger partial charge in [0.2, 0.25) is 5.95 Å². The third-order valence-corrected chi connectivity index (χ3v) is 2.58. The topological polar surface area (TPSA) is 37.8 Å². The van der Waals surface area contributed by atoms with Crippen LogP contribution in [0.1, 0.15) is 33.6 Å². The van der Waals surface area contributed by atoms with E-state index in [2.05, 4.69) is 52.0 Å². The highest BCUT2D eigenvalue weighted by atomic mass is 79.9. The zero-order valence-corrected chi connectivity index (χ0v) is 11.1. The zero-order valence-electron chi connectivity index (χ0n) is 9.50. The Kier molecular flexibility index (Phi) is 5.02. The van der Waals surface area contributed by atoms with Gasteiger partial charge in [-0.25, -0.2) is 9.97 Å². The largest absolute Gasteiger partial charge is 0.352 e. The van der Waals surface area contributed by atoms with E-state index in [9.17, 15) is 0 Å². The summed E-state index contributed by atoms with van der Waals surface area (Å²) in [5.74, 6) is 1.45. The molecule has 0 bridgehead atoms. The minimum absolute atomic E-state index is 0.425. The number of nitrogens with one attached hydrogen (secondary N) is 1. The van der Waals surface area contributed by atoms with E-state index in [-0.39, 0.29) is 0 Å². The van der Waals surface area contributed by atoms with Gasteiger partial charge in [-0.3, -0.25) is 0 Å². The minimum atomic E-state index is 0.425. The normalized spacial score (nSPS) is 12.9. The van der Waals surface area contributed by atoms with E-state index >= 15 is 0 Å². The maximum absolute atomic E-state index is 4.18. The van der Waals surface area contributed by atoms with Crippen molar-refractivity contribution in [3.63, 3.8) is 0 Å². The van der Waals surface area contributed by atoms with Crippen molar-refractivity contribution < 1.29 is 0 Å². The lowest BCUT2D eigenvalue weighted by atomic mass is 10.0. The van der Waals surface area contributed by atoms with Gasteiger partial charge in [0, 0.05) is 18.4 Å². The van der Waals surface area contributed by atoms with Crippen molar-refractivity contribution in [3.8, 4) is 0 Å². The summed E-state index contributed by atoms with van der Waals surface area (Å²) < 4.78 is 0.905. The quantitative estimate of drug-likeness (QED) is 0.891. The molecule has 0 aliphatic carbocycles. The fraction of sp³-hybridized carbons (Fsp3) is 0.636. The second-order valence-corrected chi connectivity index (χ2v) is 5.16. The summed E-state index contributed by atoms with van der Waals surface area (Å²) in [6.45, 7) is 6.64. The first-order chi connectivity index (χ1) is 7.08. The molecule has 3 nitrogen and oxygen atoms in total. The monoisotopic (exact) mass is 271 g/mol. The van der Waals surface area contributed by atoms with Crippen LogP contribution in [0, 0.1) is 5.92 Å². The molecule has 1 rings (SSSR count). The molecule has 1 aromatic rings. The molecule has 15 heavy (non-hydrogen) atoms. The van der Waals surface area contributed by atoms with Crippen molar-refractivity contribution in [2.45, 2.75) is 39.7 Å². The van der Waals surface area contributed by atoms with Gasteiger partial charge in [-0.05, 0) is 41.6 Å².